The van der Waals surface area contributed by atoms with E-state index in [1.807, 2.05) is 0 Å². The first-order valence-corrected chi connectivity index (χ1v) is 12.9. The molecule has 0 aliphatic heterocycles. The second kappa shape index (κ2) is 14.5. The molecule has 142 valence electrons. The number of hydrogen-bond donors (Lipinski definition) is 0. The summed E-state index contributed by atoms with van der Waals surface area (Å²) in [5, 5.41) is 0. The predicted molar refractivity (Wildman–Crippen MR) is 107 cm³/mol. The van der Waals surface area contributed by atoms with Crippen LogP contribution >= 0.6 is 18.6 Å². The molecule has 3 heteroatoms. The van der Waals surface area contributed by atoms with Gasteiger partial charge in [0.05, 0.1) is 0 Å². The topological polar surface area (TPSA) is 0 Å². The Morgan fingerprint density at radius 2 is 0.783 bits per heavy atom. The van der Waals surface area contributed by atoms with Gasteiger partial charge in [0.15, 0.2) is 0 Å². The molecule has 0 heterocycles. The SMILES string of the molecule is CC(C)(C)C1CCCC1.CC(C)(C)C1CCCC1.[CH3-].[CH3-].[Cl][Ti][Cl]. The molecule has 2 saturated carbocycles. The van der Waals surface area contributed by atoms with E-state index in [-0.39, 0.29) is 14.9 Å². The predicted octanol–water partition coefficient (Wildman–Crippen LogP) is 8.72. The maximum absolute atomic E-state index is 4.89. The van der Waals surface area contributed by atoms with Crippen molar-refractivity contribution in [2.45, 2.75) is 92.9 Å². The second-order valence-electron chi connectivity index (χ2n) is 8.77. The second-order valence-corrected chi connectivity index (χ2v) is 11.3. The third-order valence-electron chi connectivity index (χ3n) is 5.16. The summed E-state index contributed by atoms with van der Waals surface area (Å²) >= 11 is -0.556. The van der Waals surface area contributed by atoms with Gasteiger partial charge in [0.2, 0.25) is 0 Å². The molecule has 0 saturated heterocycles. The molecule has 2 fully saturated rings. The van der Waals surface area contributed by atoms with E-state index in [1.165, 1.54) is 51.4 Å². The van der Waals surface area contributed by atoms with E-state index in [1.54, 1.807) is 0 Å². The fraction of sp³-hybridized carbons (Fsp3) is 0.900. The Kier molecular flexibility index (Phi) is 18.3. The Labute approximate surface area is 165 Å². The number of rotatable bonds is 0. The maximum atomic E-state index is 4.89. The zero-order chi connectivity index (χ0) is 16.5. The van der Waals surface area contributed by atoms with Gasteiger partial charge in [-0.15, -0.1) is 0 Å². The summed E-state index contributed by atoms with van der Waals surface area (Å²) in [5.74, 6) is 2.02. The van der Waals surface area contributed by atoms with Gasteiger partial charge in [0.25, 0.3) is 0 Å². The Morgan fingerprint density at radius 3 is 0.870 bits per heavy atom. The zero-order valence-electron chi connectivity index (χ0n) is 17.1. The van der Waals surface area contributed by atoms with Crippen molar-refractivity contribution in [2.75, 3.05) is 0 Å². The van der Waals surface area contributed by atoms with Crippen LogP contribution in [0.2, 0.25) is 0 Å². The molecule has 0 radical (unpaired) electrons. The first-order chi connectivity index (χ1) is 9.62. The third kappa shape index (κ3) is 14.2. The monoisotopic (exact) mass is 400 g/mol. The third-order valence-corrected chi connectivity index (χ3v) is 5.16. The summed E-state index contributed by atoms with van der Waals surface area (Å²) in [6.45, 7) is 14.2. The van der Waals surface area contributed by atoms with Gasteiger partial charge in [-0.3, -0.25) is 0 Å². The first kappa shape index (κ1) is 29.1. The van der Waals surface area contributed by atoms with Gasteiger partial charge in [0, 0.05) is 0 Å². The molecule has 0 spiro atoms. The Hall–Kier alpha value is 1.29. The van der Waals surface area contributed by atoms with E-state index in [2.05, 4.69) is 41.5 Å². The van der Waals surface area contributed by atoms with Gasteiger partial charge in [-0.25, -0.2) is 0 Å². The molecule has 0 nitrogen and oxygen atoms in total. The minimum absolute atomic E-state index is 0. The van der Waals surface area contributed by atoms with Crippen LogP contribution in [0, 0.1) is 37.5 Å². The summed E-state index contributed by atoms with van der Waals surface area (Å²) in [6, 6.07) is 0. The summed E-state index contributed by atoms with van der Waals surface area (Å²) < 4.78 is 0. The van der Waals surface area contributed by atoms with Gasteiger partial charge in [-0.2, -0.15) is 0 Å². The van der Waals surface area contributed by atoms with Crippen molar-refractivity contribution in [3.8, 4) is 0 Å². The molecule has 0 aromatic heterocycles. The molecule has 0 amide bonds. The molecular formula is C20H42Cl2Ti-2. The molecule has 0 aromatic rings. The summed E-state index contributed by atoms with van der Waals surface area (Å²) in [6.07, 6.45) is 11.8. The molecule has 2 rings (SSSR count). The van der Waals surface area contributed by atoms with Gasteiger partial charge in [-0.1, -0.05) is 67.2 Å². The Morgan fingerprint density at radius 1 is 0.609 bits per heavy atom. The zero-order valence-corrected chi connectivity index (χ0v) is 20.1. The standard InChI is InChI=1S/2C9H18.2CH3.2ClH.Ti/c2*1-9(2,3)8-6-4-5-7-8;;;;;/h2*8H,4-7H2,1-3H3;2*1H3;2*1H;/q;;2*-1;;;+2/p-2. The normalized spacial score (nSPS) is 18.6. The van der Waals surface area contributed by atoms with Crippen molar-refractivity contribution in [1.82, 2.24) is 0 Å². The molecule has 23 heavy (non-hydrogen) atoms. The van der Waals surface area contributed by atoms with Crippen molar-refractivity contribution in [3.05, 3.63) is 14.9 Å². The van der Waals surface area contributed by atoms with Crippen LogP contribution in [0.15, 0.2) is 0 Å². The summed E-state index contributed by atoms with van der Waals surface area (Å²) in [7, 11) is 9.78. The minimum atomic E-state index is -0.556. The van der Waals surface area contributed by atoms with Gasteiger partial charge >= 0.3 is 35.6 Å². The average molecular weight is 401 g/mol. The van der Waals surface area contributed by atoms with Crippen molar-refractivity contribution in [1.29, 1.82) is 0 Å². The molecule has 2 aliphatic carbocycles. The van der Waals surface area contributed by atoms with Crippen LogP contribution in [0.25, 0.3) is 0 Å². The molecule has 0 aromatic carbocycles. The molecule has 0 atom stereocenters. The summed E-state index contributed by atoms with van der Waals surface area (Å²) in [5.41, 5.74) is 1.16. The number of hydrogen-bond acceptors (Lipinski definition) is 0. The molecule has 0 unspecified atom stereocenters. The molecule has 2 aliphatic rings. The van der Waals surface area contributed by atoms with E-state index in [4.69, 9.17) is 18.6 Å². The van der Waals surface area contributed by atoms with E-state index >= 15 is 0 Å². The van der Waals surface area contributed by atoms with Crippen LogP contribution in [0.4, 0.5) is 0 Å². The number of halogens is 2. The average Bonchev–Trinajstić information content (AvgIpc) is 3.03. The van der Waals surface area contributed by atoms with Crippen molar-refractivity contribution >= 4 is 18.6 Å². The molecule has 0 bridgehead atoms. The molecule has 0 N–H and O–H groups in total. The van der Waals surface area contributed by atoms with Gasteiger partial charge in [0.1, 0.15) is 0 Å². The molecular weight excluding hydrogens is 359 g/mol. The van der Waals surface area contributed by atoms with Gasteiger partial charge < -0.3 is 14.9 Å². The van der Waals surface area contributed by atoms with E-state index in [9.17, 15) is 0 Å². The van der Waals surface area contributed by atoms with Crippen LogP contribution in [0.3, 0.4) is 0 Å². The van der Waals surface area contributed by atoms with Crippen LogP contribution in [-0.4, -0.2) is 0 Å². The summed E-state index contributed by atoms with van der Waals surface area (Å²) in [4.78, 5) is 0. The van der Waals surface area contributed by atoms with Crippen molar-refractivity contribution in [3.63, 3.8) is 0 Å². The Bertz CT molecular complexity index is 215. The fourth-order valence-corrected chi connectivity index (χ4v) is 3.58. The van der Waals surface area contributed by atoms with Crippen LogP contribution < -0.4 is 0 Å². The van der Waals surface area contributed by atoms with Crippen LogP contribution in [-0.2, 0) is 17.0 Å². The van der Waals surface area contributed by atoms with E-state index in [0.29, 0.717) is 10.8 Å². The van der Waals surface area contributed by atoms with E-state index in [0.717, 1.165) is 11.8 Å². The van der Waals surface area contributed by atoms with Crippen molar-refractivity contribution in [2.24, 2.45) is 22.7 Å². The van der Waals surface area contributed by atoms with Gasteiger partial charge in [-0.05, 0) is 48.3 Å². The first-order valence-electron chi connectivity index (χ1n) is 8.59. The van der Waals surface area contributed by atoms with Crippen LogP contribution in [0.5, 0.6) is 0 Å². The van der Waals surface area contributed by atoms with Crippen LogP contribution in [0.1, 0.15) is 92.9 Å². The van der Waals surface area contributed by atoms with E-state index < -0.39 is 17.0 Å². The quantitative estimate of drug-likeness (QED) is 0.281. The Balaban J connectivity index is -0.000000277. The fourth-order valence-electron chi connectivity index (χ4n) is 3.58. The van der Waals surface area contributed by atoms with Crippen molar-refractivity contribution < 1.29 is 17.0 Å².